The van der Waals surface area contributed by atoms with E-state index in [9.17, 15) is 14.9 Å². The molecule has 0 fully saturated rings. The summed E-state index contributed by atoms with van der Waals surface area (Å²) in [5.41, 5.74) is 1.65. The Morgan fingerprint density at radius 2 is 1.93 bits per heavy atom. The highest BCUT2D eigenvalue weighted by Crippen LogP contribution is 2.38. The summed E-state index contributed by atoms with van der Waals surface area (Å²) in [6.45, 7) is 1.75. The highest BCUT2D eigenvalue weighted by Gasteiger charge is 2.38. The number of rotatable bonds is 5. The van der Waals surface area contributed by atoms with Crippen LogP contribution in [0.5, 0.6) is 0 Å². The molecule has 0 bridgehead atoms. The Morgan fingerprint density at radius 3 is 2.69 bits per heavy atom. The number of esters is 1. The Bertz CT molecular complexity index is 1110. The number of nitrogens with one attached hydrogen (secondary N) is 1. The maximum Gasteiger partial charge on any atom is 0.338 e. The van der Waals surface area contributed by atoms with Crippen LogP contribution in [0, 0.1) is 10.1 Å². The van der Waals surface area contributed by atoms with Crippen LogP contribution in [0.25, 0.3) is 0 Å². The van der Waals surface area contributed by atoms with E-state index in [4.69, 9.17) is 4.74 Å². The summed E-state index contributed by atoms with van der Waals surface area (Å²) in [5, 5.41) is 26.0. The third-order valence-electron chi connectivity index (χ3n) is 4.57. The van der Waals surface area contributed by atoms with Crippen LogP contribution in [0.1, 0.15) is 24.1 Å². The molecule has 1 N–H and O–H groups in total. The van der Waals surface area contributed by atoms with Gasteiger partial charge in [0.25, 0.3) is 5.69 Å². The second kappa shape index (κ2) is 7.50. The van der Waals surface area contributed by atoms with E-state index in [-0.39, 0.29) is 23.8 Å². The lowest BCUT2D eigenvalue weighted by Gasteiger charge is -2.27. The van der Waals surface area contributed by atoms with Gasteiger partial charge in [-0.15, -0.1) is 0 Å². The Kier molecular flexibility index (Phi) is 4.73. The molecule has 1 aliphatic rings. The molecule has 4 rings (SSSR count). The first-order valence-corrected chi connectivity index (χ1v) is 8.76. The van der Waals surface area contributed by atoms with Gasteiger partial charge in [-0.2, -0.15) is 4.68 Å². The standard InChI is InChI=1S/C19H16N6O4/c1-12-16(18(26)29-11-13-7-3-2-4-8-13)17(24-19(20-12)21-22-23-24)14-9-5-6-10-15(14)25(27)28/h2-10,17H,11H2,1H3,(H,20,21,23)/t17-/m0/s1. The molecule has 2 heterocycles. The predicted octanol–water partition coefficient (Wildman–Crippen LogP) is 2.61. The first kappa shape index (κ1) is 18.3. The van der Waals surface area contributed by atoms with Crippen LogP contribution in [0.2, 0.25) is 0 Å². The van der Waals surface area contributed by atoms with E-state index in [0.717, 1.165) is 5.56 Å². The van der Waals surface area contributed by atoms with Crippen molar-refractivity contribution in [2.45, 2.75) is 19.6 Å². The molecule has 0 saturated carbocycles. The summed E-state index contributed by atoms with van der Waals surface area (Å²) >= 11 is 0. The van der Waals surface area contributed by atoms with Crippen LogP contribution in [-0.2, 0) is 16.1 Å². The van der Waals surface area contributed by atoms with Crippen molar-refractivity contribution in [2.24, 2.45) is 0 Å². The number of fused-ring (bicyclic) bond motifs is 1. The number of anilines is 1. The summed E-state index contributed by atoms with van der Waals surface area (Å²) in [7, 11) is 0. The number of carbonyl (C=O) groups excluding carboxylic acids is 1. The van der Waals surface area contributed by atoms with Crippen molar-refractivity contribution in [3.05, 3.63) is 87.1 Å². The van der Waals surface area contributed by atoms with E-state index >= 15 is 0 Å². The molecular formula is C19H16N6O4. The monoisotopic (exact) mass is 392 g/mol. The van der Waals surface area contributed by atoms with E-state index in [1.165, 1.54) is 10.7 Å². The molecule has 3 aromatic rings. The zero-order valence-electron chi connectivity index (χ0n) is 15.3. The Morgan fingerprint density at radius 1 is 1.21 bits per heavy atom. The number of hydrogen-bond donors (Lipinski definition) is 1. The summed E-state index contributed by atoms with van der Waals surface area (Å²) in [6, 6.07) is 14.5. The van der Waals surface area contributed by atoms with Crippen LogP contribution in [0.3, 0.4) is 0 Å². The fourth-order valence-electron chi connectivity index (χ4n) is 3.25. The number of nitrogens with zero attached hydrogens (tertiary/aromatic N) is 5. The van der Waals surface area contributed by atoms with Crippen LogP contribution < -0.4 is 5.32 Å². The molecule has 1 atom stereocenters. The van der Waals surface area contributed by atoms with Crippen LogP contribution >= 0.6 is 0 Å². The maximum atomic E-state index is 13.0. The second-order valence-corrected chi connectivity index (χ2v) is 6.39. The Hall–Kier alpha value is -4.08. The zero-order chi connectivity index (χ0) is 20.4. The molecule has 0 amide bonds. The number of hydrogen-bond acceptors (Lipinski definition) is 8. The predicted molar refractivity (Wildman–Crippen MR) is 102 cm³/mol. The molecule has 0 spiro atoms. The first-order chi connectivity index (χ1) is 14.1. The molecular weight excluding hydrogens is 376 g/mol. The fourth-order valence-corrected chi connectivity index (χ4v) is 3.25. The number of tetrazole rings is 1. The summed E-state index contributed by atoms with van der Waals surface area (Å²) < 4.78 is 6.83. The number of carbonyl (C=O) groups is 1. The number of nitro groups is 1. The SMILES string of the molecule is CC1=C(C(=O)OCc2ccccc2)[C@H](c2ccccc2[N+](=O)[O-])n2nnnc2N1. The lowest BCUT2D eigenvalue weighted by atomic mass is 9.94. The normalized spacial score (nSPS) is 15.4. The number of aromatic nitrogens is 4. The Labute approximate surface area is 165 Å². The van der Waals surface area contributed by atoms with E-state index < -0.39 is 16.9 Å². The third-order valence-corrected chi connectivity index (χ3v) is 4.57. The highest BCUT2D eigenvalue weighted by molar-refractivity contribution is 5.92. The number of para-hydroxylation sites is 1. The van der Waals surface area contributed by atoms with Gasteiger partial charge in [-0.25, -0.2) is 4.79 Å². The largest absolute Gasteiger partial charge is 0.457 e. The van der Waals surface area contributed by atoms with E-state index in [1.54, 1.807) is 25.1 Å². The minimum Gasteiger partial charge on any atom is -0.457 e. The van der Waals surface area contributed by atoms with Crippen molar-refractivity contribution in [1.82, 2.24) is 20.2 Å². The van der Waals surface area contributed by atoms with Gasteiger partial charge in [-0.1, -0.05) is 47.6 Å². The summed E-state index contributed by atoms with van der Waals surface area (Å²) in [4.78, 5) is 24.1. The van der Waals surface area contributed by atoms with Gasteiger partial charge in [0.05, 0.1) is 16.1 Å². The Balaban J connectivity index is 1.75. The van der Waals surface area contributed by atoms with Crippen molar-refractivity contribution in [3.8, 4) is 0 Å². The van der Waals surface area contributed by atoms with Crippen molar-refractivity contribution in [3.63, 3.8) is 0 Å². The first-order valence-electron chi connectivity index (χ1n) is 8.76. The van der Waals surface area contributed by atoms with Gasteiger partial charge in [-0.3, -0.25) is 10.1 Å². The molecule has 29 heavy (non-hydrogen) atoms. The van der Waals surface area contributed by atoms with Gasteiger partial charge in [0.2, 0.25) is 5.95 Å². The molecule has 0 saturated heterocycles. The quantitative estimate of drug-likeness (QED) is 0.399. The van der Waals surface area contributed by atoms with Crippen molar-refractivity contribution in [2.75, 3.05) is 5.32 Å². The van der Waals surface area contributed by atoms with E-state index in [1.807, 2.05) is 30.3 Å². The highest BCUT2D eigenvalue weighted by atomic mass is 16.6. The molecule has 146 valence electrons. The maximum absolute atomic E-state index is 13.0. The van der Waals surface area contributed by atoms with Crippen molar-refractivity contribution < 1.29 is 14.5 Å². The summed E-state index contributed by atoms with van der Waals surface area (Å²) in [5.74, 6) is -0.326. The zero-order valence-corrected chi connectivity index (χ0v) is 15.3. The van der Waals surface area contributed by atoms with Gasteiger partial charge in [-0.05, 0) is 29.0 Å². The molecule has 2 aromatic carbocycles. The van der Waals surface area contributed by atoms with Gasteiger partial charge in [0.1, 0.15) is 12.6 Å². The van der Waals surface area contributed by atoms with E-state index in [2.05, 4.69) is 20.8 Å². The third kappa shape index (κ3) is 3.43. The number of benzene rings is 2. The van der Waals surface area contributed by atoms with Gasteiger partial charge in [0, 0.05) is 11.8 Å². The minimum atomic E-state index is -0.897. The number of allylic oxidation sites excluding steroid dienone is 1. The molecule has 1 aromatic heterocycles. The average Bonchev–Trinajstić information content (AvgIpc) is 3.19. The molecule has 0 unspecified atom stereocenters. The van der Waals surface area contributed by atoms with Crippen molar-refractivity contribution >= 4 is 17.6 Å². The lowest BCUT2D eigenvalue weighted by molar-refractivity contribution is -0.385. The minimum absolute atomic E-state index is 0.0719. The number of nitro benzene ring substituents is 1. The summed E-state index contributed by atoms with van der Waals surface area (Å²) in [6.07, 6.45) is 0. The van der Waals surface area contributed by atoms with Crippen LogP contribution in [0.15, 0.2) is 65.9 Å². The van der Waals surface area contributed by atoms with Crippen LogP contribution in [0.4, 0.5) is 11.6 Å². The average molecular weight is 392 g/mol. The molecule has 10 heteroatoms. The smallest absolute Gasteiger partial charge is 0.338 e. The number of ether oxygens (including phenoxy) is 1. The van der Waals surface area contributed by atoms with Crippen LogP contribution in [-0.4, -0.2) is 31.1 Å². The fraction of sp³-hybridized carbons (Fsp3) is 0.158. The lowest BCUT2D eigenvalue weighted by Crippen LogP contribution is -2.30. The molecule has 0 aliphatic carbocycles. The molecule has 0 radical (unpaired) electrons. The second-order valence-electron chi connectivity index (χ2n) is 6.39. The van der Waals surface area contributed by atoms with Gasteiger partial charge < -0.3 is 10.1 Å². The van der Waals surface area contributed by atoms with Crippen molar-refractivity contribution in [1.29, 1.82) is 0 Å². The molecule has 1 aliphatic heterocycles. The van der Waals surface area contributed by atoms with Gasteiger partial charge >= 0.3 is 5.97 Å². The topological polar surface area (TPSA) is 125 Å². The van der Waals surface area contributed by atoms with Gasteiger partial charge in [0.15, 0.2) is 0 Å². The van der Waals surface area contributed by atoms with E-state index in [0.29, 0.717) is 11.3 Å². The molecule has 10 nitrogen and oxygen atoms in total.